The highest BCUT2D eigenvalue weighted by molar-refractivity contribution is 5.96. The number of allylic oxidation sites excluding steroid dienone is 1. The van der Waals surface area contributed by atoms with Crippen LogP contribution in [0.15, 0.2) is 77.7 Å². The normalized spacial score (nSPS) is 11.8. The zero-order chi connectivity index (χ0) is 32.5. The lowest BCUT2D eigenvalue weighted by atomic mass is 10.1. The Bertz CT molecular complexity index is 1780. The van der Waals surface area contributed by atoms with Gasteiger partial charge in [-0.15, -0.1) is 0 Å². The summed E-state index contributed by atoms with van der Waals surface area (Å²) < 4.78 is 39.2. The molecule has 0 aliphatic carbocycles. The average Bonchev–Trinajstić information content (AvgIpc) is 3.43. The van der Waals surface area contributed by atoms with E-state index in [9.17, 15) is 28.0 Å². The Balaban J connectivity index is 1.47. The van der Waals surface area contributed by atoms with E-state index < -0.39 is 35.2 Å². The van der Waals surface area contributed by atoms with Crippen LogP contribution in [0.3, 0.4) is 0 Å². The number of pyridine rings is 1. The fourth-order valence-electron chi connectivity index (χ4n) is 4.41. The zero-order valence-corrected chi connectivity index (χ0v) is 24.9. The summed E-state index contributed by atoms with van der Waals surface area (Å²) in [4.78, 5) is 54.6. The predicted octanol–water partition coefficient (Wildman–Crippen LogP) is 4.32. The smallest absolute Gasteiger partial charge is 0.407 e. The number of H-pyrrole nitrogens is 1. The maximum Gasteiger partial charge on any atom is 0.407 e. The number of fused-ring (bicyclic) bond motifs is 1. The quantitative estimate of drug-likeness (QED) is 0.202. The zero-order valence-electron chi connectivity index (χ0n) is 24.9. The number of carbonyl (C=O) groups is 3. The highest BCUT2D eigenvalue weighted by Gasteiger charge is 2.22. The Kier molecular flexibility index (Phi) is 10.7. The Hall–Kier alpha value is -5.46. The number of carbonyl (C=O) groups excluding carboxylic acids is 3. The van der Waals surface area contributed by atoms with E-state index in [2.05, 4.69) is 20.4 Å². The summed E-state index contributed by atoms with van der Waals surface area (Å²) in [5.74, 6) is -1.79. The van der Waals surface area contributed by atoms with Gasteiger partial charge in [-0.3, -0.25) is 14.4 Å². The predicted molar refractivity (Wildman–Crippen MR) is 164 cm³/mol. The number of hydrogen-bond donors (Lipinski definition) is 3. The Morgan fingerprint density at radius 1 is 1.09 bits per heavy atom. The highest BCUT2D eigenvalue weighted by Crippen LogP contribution is 2.27. The number of halogens is 2. The van der Waals surface area contributed by atoms with Crippen LogP contribution in [0, 0.1) is 11.6 Å². The molecule has 1 unspecified atom stereocenters. The largest absolute Gasteiger partial charge is 0.487 e. The van der Waals surface area contributed by atoms with Crippen LogP contribution in [0.4, 0.5) is 19.3 Å². The van der Waals surface area contributed by atoms with Gasteiger partial charge in [-0.2, -0.15) is 0 Å². The lowest BCUT2D eigenvalue weighted by Crippen LogP contribution is -2.44. The summed E-state index contributed by atoms with van der Waals surface area (Å²) in [6.45, 7) is 0.00883. The molecule has 0 radical (unpaired) electrons. The summed E-state index contributed by atoms with van der Waals surface area (Å²) in [5.41, 5.74) is 1.000. The summed E-state index contributed by atoms with van der Waals surface area (Å²) >= 11 is 0. The highest BCUT2D eigenvalue weighted by atomic mass is 19.1. The lowest BCUT2D eigenvalue weighted by Gasteiger charge is -2.17. The van der Waals surface area contributed by atoms with E-state index >= 15 is 0 Å². The van der Waals surface area contributed by atoms with Gasteiger partial charge in [0.25, 0.3) is 5.56 Å². The van der Waals surface area contributed by atoms with E-state index in [0.717, 1.165) is 17.5 Å². The molecule has 2 aromatic carbocycles. The van der Waals surface area contributed by atoms with Crippen LogP contribution in [0.2, 0.25) is 0 Å². The van der Waals surface area contributed by atoms with E-state index in [1.165, 1.54) is 34.8 Å². The molecule has 0 bridgehead atoms. The van der Waals surface area contributed by atoms with Gasteiger partial charge in [0.05, 0.1) is 19.2 Å². The van der Waals surface area contributed by atoms with Crippen LogP contribution in [0.5, 0.6) is 5.75 Å². The summed E-state index contributed by atoms with van der Waals surface area (Å²) in [6.07, 6.45) is 4.15. The van der Waals surface area contributed by atoms with Crippen LogP contribution >= 0.6 is 0 Å². The van der Waals surface area contributed by atoms with Crippen molar-refractivity contribution in [3.05, 3.63) is 106 Å². The SMILES string of the molecule is COC(=O)NC(CC/C=C/C(=O)N(C)C)C(=O)Nc1cccn(Cc2cc3cccc(OCc4ccc(F)cc4F)c3[nH]2)c1=O. The molecule has 236 valence electrons. The van der Waals surface area contributed by atoms with Crippen molar-refractivity contribution >= 4 is 34.5 Å². The minimum Gasteiger partial charge on any atom is -0.487 e. The van der Waals surface area contributed by atoms with Gasteiger partial charge in [-0.25, -0.2) is 13.6 Å². The number of para-hydroxylation sites is 1. The number of anilines is 1. The van der Waals surface area contributed by atoms with Crippen molar-refractivity contribution in [1.29, 1.82) is 0 Å². The second kappa shape index (κ2) is 14.8. The first-order valence-corrected chi connectivity index (χ1v) is 14.0. The van der Waals surface area contributed by atoms with Gasteiger partial charge in [0.2, 0.25) is 11.8 Å². The third kappa shape index (κ3) is 8.56. The van der Waals surface area contributed by atoms with E-state index in [4.69, 9.17) is 4.74 Å². The van der Waals surface area contributed by atoms with Gasteiger partial charge in [0, 0.05) is 43.0 Å². The molecule has 0 saturated carbocycles. The number of methoxy groups -OCH3 is 1. The molecule has 0 fully saturated rings. The average molecular weight is 622 g/mol. The van der Waals surface area contributed by atoms with Gasteiger partial charge in [0.1, 0.15) is 35.7 Å². The Labute approximate surface area is 257 Å². The van der Waals surface area contributed by atoms with Crippen molar-refractivity contribution in [2.75, 3.05) is 26.5 Å². The number of hydrogen-bond acceptors (Lipinski definition) is 6. The fourth-order valence-corrected chi connectivity index (χ4v) is 4.41. The minimum atomic E-state index is -1.04. The molecule has 2 heterocycles. The minimum absolute atomic E-state index is 0.000971. The maximum absolute atomic E-state index is 14.1. The third-order valence-corrected chi connectivity index (χ3v) is 6.81. The number of aromatic nitrogens is 2. The molecular formula is C32H33F2N5O6. The van der Waals surface area contributed by atoms with Gasteiger partial charge < -0.3 is 34.6 Å². The number of amides is 3. The number of alkyl carbamates (subject to hydrolysis) is 1. The summed E-state index contributed by atoms with van der Waals surface area (Å²) in [6, 6.07) is 12.5. The van der Waals surface area contributed by atoms with E-state index in [1.54, 1.807) is 44.6 Å². The van der Waals surface area contributed by atoms with Crippen molar-refractivity contribution in [3.63, 3.8) is 0 Å². The van der Waals surface area contributed by atoms with Crippen molar-refractivity contribution < 1.29 is 32.6 Å². The molecule has 1 atom stereocenters. The molecule has 45 heavy (non-hydrogen) atoms. The topological polar surface area (TPSA) is 135 Å². The molecule has 2 aromatic heterocycles. The van der Waals surface area contributed by atoms with Gasteiger partial charge in [-0.05, 0) is 55.3 Å². The van der Waals surface area contributed by atoms with Crippen LogP contribution in [-0.4, -0.2) is 59.6 Å². The van der Waals surface area contributed by atoms with Crippen LogP contribution in [0.25, 0.3) is 10.9 Å². The van der Waals surface area contributed by atoms with E-state index in [1.807, 2.05) is 12.1 Å². The molecule has 3 amide bonds. The number of benzene rings is 2. The molecule has 3 N–H and O–H groups in total. The number of nitrogens with one attached hydrogen (secondary N) is 3. The van der Waals surface area contributed by atoms with Crippen molar-refractivity contribution in [2.45, 2.75) is 32.0 Å². The molecule has 0 saturated heterocycles. The molecule has 4 rings (SSSR count). The van der Waals surface area contributed by atoms with E-state index in [0.29, 0.717) is 23.4 Å². The molecule has 11 nitrogen and oxygen atoms in total. The van der Waals surface area contributed by atoms with Crippen LogP contribution < -0.4 is 20.9 Å². The van der Waals surface area contributed by atoms with Crippen molar-refractivity contribution in [3.8, 4) is 5.75 Å². The number of rotatable bonds is 12. The second-order valence-electron chi connectivity index (χ2n) is 10.3. The van der Waals surface area contributed by atoms with Gasteiger partial charge in [-0.1, -0.05) is 18.2 Å². The molecule has 0 spiro atoms. The number of likely N-dealkylation sites (N-methyl/N-ethyl adjacent to an activating group) is 1. The fraction of sp³-hybridized carbons (Fsp3) is 0.250. The number of aromatic amines is 1. The first kappa shape index (κ1) is 32.5. The maximum atomic E-state index is 14.1. The lowest BCUT2D eigenvalue weighted by molar-refractivity contribution is -0.123. The molecule has 13 heteroatoms. The molecule has 4 aromatic rings. The first-order valence-electron chi connectivity index (χ1n) is 14.0. The first-order chi connectivity index (χ1) is 21.5. The summed E-state index contributed by atoms with van der Waals surface area (Å²) in [5, 5.41) is 5.83. The Morgan fingerprint density at radius 3 is 2.62 bits per heavy atom. The third-order valence-electron chi connectivity index (χ3n) is 6.81. The van der Waals surface area contributed by atoms with Crippen LogP contribution in [0.1, 0.15) is 24.1 Å². The van der Waals surface area contributed by atoms with Gasteiger partial charge >= 0.3 is 6.09 Å². The van der Waals surface area contributed by atoms with Gasteiger partial charge in [0.15, 0.2) is 0 Å². The Morgan fingerprint density at radius 2 is 1.89 bits per heavy atom. The number of ether oxygens (including phenoxy) is 2. The second-order valence-corrected chi connectivity index (χ2v) is 10.3. The van der Waals surface area contributed by atoms with E-state index in [-0.39, 0.29) is 36.7 Å². The molecular weight excluding hydrogens is 588 g/mol. The monoisotopic (exact) mass is 621 g/mol. The number of nitrogens with zero attached hydrogens (tertiary/aromatic N) is 2. The van der Waals surface area contributed by atoms with Crippen molar-refractivity contribution in [1.82, 2.24) is 19.8 Å². The van der Waals surface area contributed by atoms with Crippen LogP contribution in [-0.2, 0) is 27.5 Å². The summed E-state index contributed by atoms with van der Waals surface area (Å²) in [7, 11) is 4.39. The molecule has 0 aliphatic heterocycles. The standard InChI is InChI=1S/C32H33F2N5O6/c1-38(2)28(40)12-5-4-9-25(37-32(43)44-3)30(41)36-26-10-7-15-39(31(26)42)18-23-16-20-8-6-11-27(29(20)35-23)45-19-21-13-14-22(33)17-24(21)34/h5-8,10-17,25,35H,4,9,18-19H2,1-3H3,(H,36,41)(H,37,43)/b12-5+. The van der Waals surface area contributed by atoms with Crippen molar-refractivity contribution in [2.24, 2.45) is 0 Å². The molecule has 0 aliphatic rings.